The Morgan fingerprint density at radius 2 is 1.86 bits per heavy atom. The molecule has 1 aromatic rings. The maximum atomic E-state index is 13.8. The highest BCUT2D eigenvalue weighted by molar-refractivity contribution is 9.10. The van der Waals surface area contributed by atoms with Gasteiger partial charge in [-0.2, -0.15) is 5.26 Å². The van der Waals surface area contributed by atoms with Crippen LogP contribution in [0.5, 0.6) is 0 Å². The highest BCUT2D eigenvalue weighted by Crippen LogP contribution is 2.27. The second kappa shape index (κ2) is 7.04. The number of carbonyl (C=O) groups excluding carboxylic acids is 1. The van der Waals surface area contributed by atoms with E-state index >= 15 is 0 Å². The molecule has 1 saturated carbocycles. The molecule has 1 N–H and O–H groups in total. The van der Waals surface area contributed by atoms with Gasteiger partial charge in [0.1, 0.15) is 11.4 Å². The van der Waals surface area contributed by atoms with Crippen molar-refractivity contribution in [2.75, 3.05) is 0 Å². The third-order valence-corrected chi connectivity index (χ3v) is 4.44. The summed E-state index contributed by atoms with van der Waals surface area (Å²) in [7, 11) is 0. The Morgan fingerprint density at radius 3 is 2.48 bits per heavy atom. The summed E-state index contributed by atoms with van der Waals surface area (Å²) in [6.07, 6.45) is 6.41. The Hall–Kier alpha value is -1.41. The molecule has 1 aliphatic rings. The molecule has 2 rings (SSSR count). The Morgan fingerprint density at radius 1 is 1.24 bits per heavy atom. The molecule has 5 heteroatoms. The monoisotopic (exact) mass is 352 g/mol. The van der Waals surface area contributed by atoms with Crippen LogP contribution in [0.1, 0.15) is 55.3 Å². The van der Waals surface area contributed by atoms with Crippen LogP contribution >= 0.6 is 15.9 Å². The predicted molar refractivity (Wildman–Crippen MR) is 82.2 cm³/mol. The molecule has 1 fully saturated rings. The molecule has 0 unspecified atom stereocenters. The van der Waals surface area contributed by atoms with Crippen LogP contribution in [0.15, 0.2) is 22.7 Å². The Labute approximate surface area is 132 Å². The summed E-state index contributed by atoms with van der Waals surface area (Å²) in [6, 6.07) is 6.49. The van der Waals surface area contributed by atoms with Gasteiger partial charge in [0, 0.05) is 4.47 Å². The standard InChI is InChI=1S/C16H18BrFN2O/c17-12-6-7-14(18)13(10-12)15(21)20-16(11-19)8-4-2-1-3-5-9-16/h6-7,10H,1-5,8-9H2,(H,20,21). The number of hydrogen-bond acceptors (Lipinski definition) is 2. The van der Waals surface area contributed by atoms with Crippen molar-refractivity contribution >= 4 is 21.8 Å². The third-order valence-electron chi connectivity index (χ3n) is 3.95. The fourth-order valence-corrected chi connectivity index (χ4v) is 3.09. The lowest BCUT2D eigenvalue weighted by molar-refractivity contribution is 0.0903. The fourth-order valence-electron chi connectivity index (χ4n) is 2.73. The van der Waals surface area contributed by atoms with E-state index in [2.05, 4.69) is 27.3 Å². The van der Waals surface area contributed by atoms with Crippen molar-refractivity contribution in [2.24, 2.45) is 0 Å². The lowest BCUT2D eigenvalue weighted by Crippen LogP contribution is -2.48. The molecule has 0 aromatic heterocycles. The van der Waals surface area contributed by atoms with Gasteiger partial charge in [0.05, 0.1) is 11.6 Å². The molecule has 1 amide bonds. The van der Waals surface area contributed by atoms with Crippen molar-refractivity contribution in [3.05, 3.63) is 34.1 Å². The molecule has 0 bridgehead atoms. The quantitative estimate of drug-likeness (QED) is 0.861. The largest absolute Gasteiger partial charge is 0.334 e. The minimum absolute atomic E-state index is 0.0268. The summed E-state index contributed by atoms with van der Waals surface area (Å²) in [6.45, 7) is 0. The van der Waals surface area contributed by atoms with Gasteiger partial charge in [0.2, 0.25) is 0 Å². The molecule has 1 aliphatic carbocycles. The highest BCUT2D eigenvalue weighted by Gasteiger charge is 2.32. The predicted octanol–water partition coefficient (Wildman–Crippen LogP) is 4.32. The summed E-state index contributed by atoms with van der Waals surface area (Å²) in [5.41, 5.74) is -0.896. The van der Waals surface area contributed by atoms with Gasteiger partial charge in [-0.25, -0.2) is 4.39 Å². The molecule has 0 spiro atoms. The summed E-state index contributed by atoms with van der Waals surface area (Å²) in [4.78, 5) is 12.3. The normalized spacial score (nSPS) is 18.1. The van der Waals surface area contributed by atoms with Gasteiger partial charge in [0.15, 0.2) is 0 Å². The van der Waals surface area contributed by atoms with Crippen LogP contribution in [0.3, 0.4) is 0 Å². The van der Waals surface area contributed by atoms with Crippen LogP contribution < -0.4 is 5.32 Å². The number of carbonyl (C=O) groups is 1. The first kappa shape index (κ1) is 16.0. The van der Waals surface area contributed by atoms with Crippen LogP contribution in [-0.2, 0) is 0 Å². The van der Waals surface area contributed by atoms with Gasteiger partial charge in [-0.15, -0.1) is 0 Å². The third kappa shape index (κ3) is 4.04. The zero-order chi connectivity index (χ0) is 15.3. The molecule has 1 aromatic carbocycles. The summed E-state index contributed by atoms with van der Waals surface area (Å²) < 4.78 is 14.4. The summed E-state index contributed by atoms with van der Waals surface area (Å²) >= 11 is 3.23. The van der Waals surface area contributed by atoms with Crippen molar-refractivity contribution in [3.63, 3.8) is 0 Å². The topological polar surface area (TPSA) is 52.9 Å². The average Bonchev–Trinajstić information content (AvgIpc) is 2.44. The molecule has 0 heterocycles. The van der Waals surface area contributed by atoms with Crippen LogP contribution in [0, 0.1) is 17.1 Å². The van der Waals surface area contributed by atoms with Crippen molar-refractivity contribution in [1.82, 2.24) is 5.32 Å². The Bertz CT molecular complexity index is 560. The first-order chi connectivity index (χ1) is 10.1. The minimum atomic E-state index is -0.869. The molecule has 0 saturated heterocycles. The number of nitrogens with zero attached hydrogens (tertiary/aromatic N) is 1. The van der Waals surface area contributed by atoms with Crippen molar-refractivity contribution < 1.29 is 9.18 Å². The van der Waals surface area contributed by atoms with Gasteiger partial charge >= 0.3 is 0 Å². The fraction of sp³-hybridized carbons (Fsp3) is 0.500. The first-order valence-electron chi connectivity index (χ1n) is 7.25. The second-order valence-electron chi connectivity index (χ2n) is 5.54. The number of rotatable bonds is 2. The van der Waals surface area contributed by atoms with E-state index in [9.17, 15) is 14.4 Å². The number of amides is 1. The molecule has 3 nitrogen and oxygen atoms in total. The van der Waals surface area contributed by atoms with Crippen LogP contribution in [0.25, 0.3) is 0 Å². The van der Waals surface area contributed by atoms with E-state index in [4.69, 9.17) is 0 Å². The highest BCUT2D eigenvalue weighted by atomic mass is 79.9. The van der Waals surface area contributed by atoms with E-state index in [1.165, 1.54) is 18.6 Å². The van der Waals surface area contributed by atoms with Crippen LogP contribution in [0.2, 0.25) is 0 Å². The zero-order valence-corrected chi connectivity index (χ0v) is 13.4. The molecule has 21 heavy (non-hydrogen) atoms. The Kier molecular flexibility index (Phi) is 5.35. The molecule has 0 radical (unpaired) electrons. The van der Waals surface area contributed by atoms with E-state index in [-0.39, 0.29) is 5.56 Å². The van der Waals surface area contributed by atoms with Crippen molar-refractivity contribution in [2.45, 2.75) is 50.5 Å². The van der Waals surface area contributed by atoms with E-state index in [1.54, 1.807) is 6.07 Å². The maximum absolute atomic E-state index is 13.8. The van der Waals surface area contributed by atoms with Gasteiger partial charge in [-0.3, -0.25) is 4.79 Å². The van der Waals surface area contributed by atoms with E-state index < -0.39 is 17.3 Å². The minimum Gasteiger partial charge on any atom is -0.334 e. The molecule has 0 aliphatic heterocycles. The van der Waals surface area contributed by atoms with Crippen molar-refractivity contribution in [1.29, 1.82) is 5.26 Å². The number of nitriles is 1. The number of benzene rings is 1. The smallest absolute Gasteiger partial charge is 0.255 e. The van der Waals surface area contributed by atoms with E-state index in [1.807, 2.05) is 0 Å². The number of hydrogen-bond donors (Lipinski definition) is 1. The van der Waals surface area contributed by atoms with Gasteiger partial charge in [-0.1, -0.05) is 48.0 Å². The molecule has 0 atom stereocenters. The second-order valence-corrected chi connectivity index (χ2v) is 6.46. The lowest BCUT2D eigenvalue weighted by Gasteiger charge is -2.29. The van der Waals surface area contributed by atoms with Gasteiger partial charge < -0.3 is 5.32 Å². The number of halogens is 2. The van der Waals surface area contributed by atoms with Gasteiger partial charge in [0.25, 0.3) is 5.91 Å². The lowest BCUT2D eigenvalue weighted by atomic mass is 9.85. The summed E-state index contributed by atoms with van der Waals surface area (Å²) in [5.74, 6) is -1.09. The Balaban J connectivity index is 2.18. The van der Waals surface area contributed by atoms with E-state index in [0.717, 1.165) is 25.7 Å². The summed E-state index contributed by atoms with van der Waals surface area (Å²) in [5, 5.41) is 12.3. The molecular formula is C16H18BrFN2O. The van der Waals surface area contributed by atoms with E-state index in [0.29, 0.717) is 17.3 Å². The number of nitrogens with one attached hydrogen (secondary N) is 1. The zero-order valence-electron chi connectivity index (χ0n) is 11.8. The van der Waals surface area contributed by atoms with Crippen molar-refractivity contribution in [3.8, 4) is 6.07 Å². The SMILES string of the molecule is N#CC1(NC(=O)c2cc(Br)ccc2F)CCCCCCC1. The molecule has 112 valence electrons. The first-order valence-corrected chi connectivity index (χ1v) is 8.04. The maximum Gasteiger partial charge on any atom is 0.255 e. The van der Waals surface area contributed by atoms with Crippen LogP contribution in [0.4, 0.5) is 4.39 Å². The van der Waals surface area contributed by atoms with Gasteiger partial charge in [-0.05, 0) is 31.0 Å². The molecular weight excluding hydrogens is 335 g/mol. The van der Waals surface area contributed by atoms with Crippen LogP contribution in [-0.4, -0.2) is 11.4 Å². The average molecular weight is 353 g/mol.